The van der Waals surface area contributed by atoms with Crippen molar-refractivity contribution in [2.75, 3.05) is 51.8 Å². The van der Waals surface area contributed by atoms with E-state index in [1.807, 2.05) is 28.4 Å². The lowest BCUT2D eigenvalue weighted by molar-refractivity contribution is 0.100. The number of aliphatic hydroxyl groups excluding tert-OH is 1. The van der Waals surface area contributed by atoms with E-state index in [1.54, 1.807) is 32.0 Å². The molecular formula is C23H29N9O3. The van der Waals surface area contributed by atoms with Gasteiger partial charge >= 0.3 is 0 Å². The molecule has 4 aromatic heterocycles. The quantitative estimate of drug-likeness (QED) is 0.346. The molecule has 4 aromatic rings. The minimum Gasteiger partial charge on any atom is -0.390 e. The van der Waals surface area contributed by atoms with Crippen molar-refractivity contribution in [3.8, 4) is 0 Å². The maximum Gasteiger partial charge on any atom is 0.249 e. The zero-order valence-electron chi connectivity index (χ0n) is 19.8. The van der Waals surface area contributed by atoms with Gasteiger partial charge in [-0.2, -0.15) is 0 Å². The molecule has 0 spiro atoms. The normalized spacial score (nSPS) is 18.6. The van der Waals surface area contributed by atoms with Gasteiger partial charge in [0.25, 0.3) is 0 Å². The van der Waals surface area contributed by atoms with Crippen LogP contribution in [0.15, 0.2) is 37.2 Å². The van der Waals surface area contributed by atoms with E-state index in [2.05, 4.69) is 29.7 Å². The third-order valence-electron chi connectivity index (χ3n) is 6.60. The number of β-amino-alcohol motifs (C(OH)–C–C–N with tert-alkyl or cyclic N) is 1. The van der Waals surface area contributed by atoms with Crippen LogP contribution in [0.4, 0.5) is 5.82 Å². The van der Waals surface area contributed by atoms with Crippen molar-refractivity contribution >= 4 is 33.9 Å². The van der Waals surface area contributed by atoms with Crippen molar-refractivity contribution < 1.29 is 14.6 Å². The van der Waals surface area contributed by atoms with Gasteiger partial charge in [-0.25, -0.2) is 19.9 Å². The molecule has 5 heterocycles. The summed E-state index contributed by atoms with van der Waals surface area (Å²) in [4.78, 5) is 33.8. The van der Waals surface area contributed by atoms with E-state index in [0.717, 1.165) is 23.5 Å². The summed E-state index contributed by atoms with van der Waals surface area (Å²) < 4.78 is 9.06. The Morgan fingerprint density at radius 1 is 1.20 bits per heavy atom. The van der Waals surface area contributed by atoms with Gasteiger partial charge in [0.1, 0.15) is 12.0 Å². The number of nitrogens with two attached hydrogens (primary N) is 1. The lowest BCUT2D eigenvalue weighted by Gasteiger charge is -2.22. The SMILES string of the molecule is COCCn1cnc2c(N(C)CCN3C[C@@H](O)[C@H](n4ccc5c(C(N)=O)ccnc54)C3)ncnc21. The van der Waals surface area contributed by atoms with E-state index in [0.29, 0.717) is 49.4 Å². The zero-order chi connectivity index (χ0) is 24.5. The Morgan fingerprint density at radius 2 is 2.06 bits per heavy atom. The molecule has 35 heavy (non-hydrogen) atoms. The van der Waals surface area contributed by atoms with Gasteiger partial charge < -0.3 is 29.6 Å². The smallest absolute Gasteiger partial charge is 0.249 e. The van der Waals surface area contributed by atoms with Gasteiger partial charge in [-0.05, 0) is 12.1 Å². The number of pyridine rings is 1. The number of anilines is 1. The highest BCUT2D eigenvalue weighted by molar-refractivity contribution is 6.04. The molecule has 0 saturated carbocycles. The fourth-order valence-corrected chi connectivity index (χ4v) is 4.74. The van der Waals surface area contributed by atoms with E-state index in [9.17, 15) is 9.90 Å². The first-order valence-corrected chi connectivity index (χ1v) is 11.5. The number of aromatic nitrogens is 6. The number of imidazole rings is 1. The molecule has 12 nitrogen and oxygen atoms in total. The van der Waals surface area contributed by atoms with Gasteiger partial charge in [-0.1, -0.05) is 0 Å². The van der Waals surface area contributed by atoms with Crippen molar-refractivity contribution in [3.05, 3.63) is 42.7 Å². The van der Waals surface area contributed by atoms with Crippen LogP contribution in [0.1, 0.15) is 16.4 Å². The van der Waals surface area contributed by atoms with Crippen LogP contribution in [0.25, 0.3) is 22.2 Å². The summed E-state index contributed by atoms with van der Waals surface area (Å²) in [5.74, 6) is 0.274. The number of ether oxygens (including phenoxy) is 1. The Labute approximate surface area is 202 Å². The summed E-state index contributed by atoms with van der Waals surface area (Å²) in [7, 11) is 3.65. The van der Waals surface area contributed by atoms with Gasteiger partial charge in [0.15, 0.2) is 17.0 Å². The van der Waals surface area contributed by atoms with Crippen molar-refractivity contribution in [1.82, 2.24) is 34.0 Å². The van der Waals surface area contributed by atoms with Crippen molar-refractivity contribution in [1.29, 1.82) is 0 Å². The number of rotatable bonds is 9. The number of nitrogens with zero attached hydrogens (tertiary/aromatic N) is 8. The summed E-state index contributed by atoms with van der Waals surface area (Å²) in [5.41, 5.74) is 8.11. The molecule has 0 aromatic carbocycles. The number of carbonyl (C=O) groups excluding carboxylic acids is 1. The van der Waals surface area contributed by atoms with Crippen LogP contribution in [-0.4, -0.2) is 98.0 Å². The minimum absolute atomic E-state index is 0.171. The molecule has 5 rings (SSSR count). The van der Waals surface area contributed by atoms with Crippen LogP contribution in [0.5, 0.6) is 0 Å². The van der Waals surface area contributed by atoms with E-state index in [4.69, 9.17) is 10.5 Å². The fraction of sp³-hybridized carbons (Fsp3) is 0.435. The van der Waals surface area contributed by atoms with Gasteiger partial charge in [0, 0.05) is 64.7 Å². The third-order valence-corrected chi connectivity index (χ3v) is 6.60. The Bertz CT molecular complexity index is 1350. The lowest BCUT2D eigenvalue weighted by Crippen LogP contribution is -2.33. The van der Waals surface area contributed by atoms with Crippen LogP contribution >= 0.6 is 0 Å². The number of hydrogen-bond donors (Lipinski definition) is 2. The van der Waals surface area contributed by atoms with Gasteiger partial charge in [-0.15, -0.1) is 0 Å². The average Bonchev–Trinajstić information content (AvgIpc) is 3.57. The number of methoxy groups -OCH3 is 1. The first-order chi connectivity index (χ1) is 17.0. The number of fused-ring (bicyclic) bond motifs is 2. The van der Waals surface area contributed by atoms with Gasteiger partial charge in [0.2, 0.25) is 5.91 Å². The largest absolute Gasteiger partial charge is 0.390 e. The molecule has 2 atom stereocenters. The molecule has 184 valence electrons. The molecule has 0 unspecified atom stereocenters. The molecule has 12 heteroatoms. The number of likely N-dealkylation sites (N-methyl/N-ethyl adjacent to an activating group) is 1. The second kappa shape index (κ2) is 9.56. The first-order valence-electron chi connectivity index (χ1n) is 11.5. The molecule has 1 fully saturated rings. The maximum atomic E-state index is 11.8. The monoisotopic (exact) mass is 479 g/mol. The molecule has 1 aliphatic rings. The summed E-state index contributed by atoms with van der Waals surface area (Å²) in [6.45, 7) is 3.88. The summed E-state index contributed by atoms with van der Waals surface area (Å²) in [6, 6.07) is 3.28. The van der Waals surface area contributed by atoms with Gasteiger partial charge in [-0.3, -0.25) is 9.69 Å². The lowest BCUT2D eigenvalue weighted by atomic mass is 10.2. The second-order valence-electron chi connectivity index (χ2n) is 8.80. The number of hydrogen-bond acceptors (Lipinski definition) is 9. The Kier molecular flexibility index (Phi) is 6.32. The van der Waals surface area contributed by atoms with Crippen molar-refractivity contribution in [2.24, 2.45) is 5.73 Å². The van der Waals surface area contributed by atoms with Crippen molar-refractivity contribution in [2.45, 2.75) is 18.7 Å². The van der Waals surface area contributed by atoms with E-state index < -0.39 is 12.0 Å². The molecular weight excluding hydrogens is 450 g/mol. The highest BCUT2D eigenvalue weighted by Gasteiger charge is 2.33. The Balaban J connectivity index is 1.27. The van der Waals surface area contributed by atoms with Crippen LogP contribution < -0.4 is 10.6 Å². The van der Waals surface area contributed by atoms with Crippen LogP contribution in [0, 0.1) is 0 Å². The maximum absolute atomic E-state index is 11.8. The van der Waals surface area contributed by atoms with Crippen molar-refractivity contribution in [3.63, 3.8) is 0 Å². The molecule has 1 saturated heterocycles. The number of aliphatic hydroxyl groups is 1. The number of amides is 1. The highest BCUT2D eigenvalue weighted by atomic mass is 16.5. The predicted molar refractivity (Wildman–Crippen MR) is 130 cm³/mol. The summed E-state index contributed by atoms with van der Waals surface area (Å²) in [5, 5.41) is 11.5. The Hall–Kier alpha value is -3.61. The molecule has 0 bridgehead atoms. The van der Waals surface area contributed by atoms with E-state index in [1.165, 1.54) is 0 Å². The highest BCUT2D eigenvalue weighted by Crippen LogP contribution is 2.28. The zero-order valence-corrected chi connectivity index (χ0v) is 19.8. The van der Waals surface area contributed by atoms with Crippen LogP contribution in [0.2, 0.25) is 0 Å². The Morgan fingerprint density at radius 3 is 2.86 bits per heavy atom. The van der Waals surface area contributed by atoms with Crippen LogP contribution in [0.3, 0.4) is 0 Å². The fourth-order valence-electron chi connectivity index (χ4n) is 4.74. The molecule has 1 amide bonds. The predicted octanol–water partition coefficient (Wildman–Crippen LogP) is 0.275. The molecule has 0 aliphatic carbocycles. The molecule has 1 aliphatic heterocycles. The third kappa shape index (κ3) is 4.31. The van der Waals surface area contributed by atoms with E-state index in [-0.39, 0.29) is 6.04 Å². The average molecular weight is 480 g/mol. The topological polar surface area (TPSA) is 140 Å². The number of likely N-dealkylation sites (tertiary alicyclic amines) is 1. The summed E-state index contributed by atoms with van der Waals surface area (Å²) >= 11 is 0. The first kappa shape index (κ1) is 23.1. The number of primary amides is 1. The molecule has 3 N–H and O–H groups in total. The van der Waals surface area contributed by atoms with Gasteiger partial charge in [0.05, 0.1) is 30.6 Å². The standard InChI is InChI=1S/C23H29N9O3/c1-29(22-19-23(27-13-26-22)31(14-28-19)9-10-35-2)7-8-30-11-17(18(33)12-30)32-6-4-16-15(20(24)34)3-5-25-21(16)32/h3-6,13-14,17-18,33H,7-12H2,1-2H3,(H2,24,34)/t17-,18-/m1/s1. The molecule has 0 radical (unpaired) electrons. The van der Waals surface area contributed by atoms with Crippen LogP contribution in [-0.2, 0) is 11.3 Å². The summed E-state index contributed by atoms with van der Waals surface area (Å²) in [6.07, 6.45) is 6.20. The van der Waals surface area contributed by atoms with E-state index >= 15 is 0 Å². The second-order valence-corrected chi connectivity index (χ2v) is 8.80. The minimum atomic E-state index is -0.558. The number of carbonyl (C=O) groups is 1.